The van der Waals surface area contributed by atoms with Gasteiger partial charge in [-0.15, -0.1) is 0 Å². The normalized spacial score (nSPS) is 18.4. The van der Waals surface area contributed by atoms with Crippen LogP contribution in [-0.2, 0) is 16.0 Å². The van der Waals surface area contributed by atoms with Crippen LogP contribution < -0.4 is 10.6 Å². The molecule has 43 heavy (non-hydrogen) atoms. The molecule has 0 radical (unpaired) electrons. The van der Waals surface area contributed by atoms with E-state index in [1.165, 1.54) is 5.56 Å². The van der Waals surface area contributed by atoms with Crippen LogP contribution >= 0.6 is 0 Å². The molecule has 3 amide bonds. The van der Waals surface area contributed by atoms with E-state index in [2.05, 4.69) is 46.7 Å². The van der Waals surface area contributed by atoms with Crippen LogP contribution in [0.2, 0.25) is 0 Å². The summed E-state index contributed by atoms with van der Waals surface area (Å²) in [5.74, 6) is -0.0632. The lowest BCUT2D eigenvalue weighted by Crippen LogP contribution is -2.72. The third-order valence-electron chi connectivity index (χ3n) is 8.96. The summed E-state index contributed by atoms with van der Waals surface area (Å²) in [6.45, 7) is 5.76. The topological polar surface area (TPSA) is 81.8 Å². The van der Waals surface area contributed by atoms with E-state index in [0.29, 0.717) is 37.9 Å². The minimum Gasteiger partial charge on any atom is -0.352 e. The number of piperazine rings is 1. The largest absolute Gasteiger partial charge is 0.352 e. The Morgan fingerprint density at radius 1 is 0.884 bits per heavy atom. The Hall–Kier alpha value is -3.97. The number of carbonyl (C=O) groups is 3. The van der Waals surface area contributed by atoms with Gasteiger partial charge in [-0.3, -0.25) is 14.4 Å². The number of likely N-dealkylation sites (tertiary alicyclic amines) is 1. The lowest BCUT2D eigenvalue weighted by Gasteiger charge is -2.51. The number of unbranched alkanes of at least 4 members (excludes halogenated alkanes) is 1. The smallest absolute Gasteiger partial charge is 0.251 e. The first-order valence-electron chi connectivity index (χ1n) is 15.8. The highest BCUT2D eigenvalue weighted by Gasteiger charge is 2.53. The maximum Gasteiger partial charge on any atom is 0.251 e. The van der Waals surface area contributed by atoms with Crippen molar-refractivity contribution in [3.63, 3.8) is 0 Å². The van der Waals surface area contributed by atoms with Gasteiger partial charge in [-0.05, 0) is 67.7 Å². The third-order valence-corrected chi connectivity index (χ3v) is 8.96. The van der Waals surface area contributed by atoms with Crippen LogP contribution in [0, 0.1) is 0 Å². The summed E-state index contributed by atoms with van der Waals surface area (Å²) in [5.41, 5.74) is 3.14. The fourth-order valence-corrected chi connectivity index (χ4v) is 6.52. The van der Waals surface area contributed by atoms with Crippen molar-refractivity contribution in [2.75, 3.05) is 32.7 Å². The molecule has 0 saturated carbocycles. The summed E-state index contributed by atoms with van der Waals surface area (Å²) in [6.07, 6.45) is 5.18. The number of hydrogen-bond acceptors (Lipinski definition) is 4. The lowest BCUT2D eigenvalue weighted by molar-refractivity contribution is -0.161. The number of hydrogen-bond donors (Lipinski definition) is 2. The first-order chi connectivity index (χ1) is 21.0. The average molecular weight is 581 g/mol. The molecule has 2 fully saturated rings. The van der Waals surface area contributed by atoms with Crippen molar-refractivity contribution < 1.29 is 14.4 Å². The number of piperidine rings is 1. The minimum absolute atomic E-state index is 0.000851. The van der Waals surface area contributed by atoms with Gasteiger partial charge in [0.1, 0.15) is 11.6 Å². The van der Waals surface area contributed by atoms with Crippen LogP contribution in [0.15, 0.2) is 84.9 Å². The lowest BCUT2D eigenvalue weighted by atomic mass is 9.81. The van der Waals surface area contributed by atoms with Gasteiger partial charge in [-0.25, -0.2) is 0 Å². The molecule has 0 unspecified atom stereocenters. The molecule has 2 N–H and O–H groups in total. The Labute approximate surface area is 255 Å². The van der Waals surface area contributed by atoms with Crippen LogP contribution in [0.1, 0.15) is 61.4 Å². The van der Waals surface area contributed by atoms with Crippen molar-refractivity contribution in [3.05, 3.63) is 96.1 Å². The Bertz CT molecular complexity index is 1370. The summed E-state index contributed by atoms with van der Waals surface area (Å²) < 4.78 is 0. The predicted molar refractivity (Wildman–Crippen MR) is 171 cm³/mol. The first kappa shape index (κ1) is 30.5. The number of nitrogens with zero attached hydrogens (tertiary/aromatic N) is 2. The number of benzene rings is 3. The second kappa shape index (κ2) is 14.5. The molecule has 0 bridgehead atoms. The zero-order valence-corrected chi connectivity index (χ0v) is 25.3. The maximum atomic E-state index is 13.7. The molecule has 1 spiro atoms. The van der Waals surface area contributed by atoms with E-state index < -0.39 is 11.6 Å². The van der Waals surface area contributed by atoms with E-state index in [-0.39, 0.29) is 17.7 Å². The van der Waals surface area contributed by atoms with Crippen molar-refractivity contribution in [2.45, 2.75) is 63.5 Å². The van der Waals surface area contributed by atoms with E-state index in [0.717, 1.165) is 56.4 Å². The number of rotatable bonds is 12. The zero-order chi connectivity index (χ0) is 30.1. The van der Waals surface area contributed by atoms with Gasteiger partial charge in [-0.1, -0.05) is 85.8 Å². The highest BCUT2D eigenvalue weighted by molar-refractivity contribution is 6.01. The standard InChI is InChI=1S/C36H44N4O3/c1-2-24-40-34(42)32(38-35(43)36(40)21-26-39(27-22-36)25-20-28-13-5-3-6-14-28)19-11-12-23-37-33(41)31-18-10-9-17-30(31)29-15-7-4-8-16-29/h3-10,13-18,32H,2,11-12,19-27H2,1H3,(H,37,41)(H,38,43)/t32-/m0/s1. The number of amides is 3. The molecule has 0 aromatic heterocycles. The molecule has 7 nitrogen and oxygen atoms in total. The van der Waals surface area contributed by atoms with Crippen molar-refractivity contribution in [1.82, 2.24) is 20.4 Å². The molecule has 2 aliphatic rings. The summed E-state index contributed by atoms with van der Waals surface area (Å²) >= 11 is 0. The third kappa shape index (κ3) is 7.16. The number of carbonyl (C=O) groups excluding carboxylic acids is 3. The molecule has 2 aliphatic heterocycles. The van der Waals surface area contributed by atoms with E-state index in [4.69, 9.17) is 0 Å². The van der Waals surface area contributed by atoms with Gasteiger partial charge in [0.05, 0.1) is 0 Å². The fourth-order valence-electron chi connectivity index (χ4n) is 6.52. The van der Waals surface area contributed by atoms with Crippen LogP contribution in [0.3, 0.4) is 0 Å². The monoisotopic (exact) mass is 580 g/mol. The average Bonchev–Trinajstić information content (AvgIpc) is 3.05. The Morgan fingerprint density at radius 3 is 2.28 bits per heavy atom. The Morgan fingerprint density at radius 2 is 1.56 bits per heavy atom. The first-order valence-corrected chi connectivity index (χ1v) is 15.8. The van der Waals surface area contributed by atoms with E-state index in [1.54, 1.807) is 0 Å². The van der Waals surface area contributed by atoms with Crippen LogP contribution in [0.25, 0.3) is 11.1 Å². The molecule has 0 aliphatic carbocycles. The molecule has 2 heterocycles. The van der Waals surface area contributed by atoms with Gasteiger partial charge < -0.3 is 20.4 Å². The highest BCUT2D eigenvalue weighted by atomic mass is 16.2. The molecule has 2 saturated heterocycles. The van der Waals surface area contributed by atoms with E-state index in [9.17, 15) is 14.4 Å². The summed E-state index contributed by atoms with van der Waals surface area (Å²) in [6, 6.07) is 27.5. The maximum absolute atomic E-state index is 13.7. The summed E-state index contributed by atoms with van der Waals surface area (Å²) in [4.78, 5) is 44.6. The predicted octanol–water partition coefficient (Wildman–Crippen LogP) is 5.07. The second-order valence-corrected chi connectivity index (χ2v) is 11.8. The molecular formula is C36H44N4O3. The van der Waals surface area contributed by atoms with Gasteiger partial charge in [0.25, 0.3) is 5.91 Å². The summed E-state index contributed by atoms with van der Waals surface area (Å²) in [5, 5.41) is 6.14. The Balaban J connectivity index is 1.10. The van der Waals surface area contributed by atoms with E-state index >= 15 is 0 Å². The molecule has 3 aromatic carbocycles. The van der Waals surface area contributed by atoms with Crippen molar-refractivity contribution in [3.8, 4) is 11.1 Å². The highest BCUT2D eigenvalue weighted by Crippen LogP contribution is 2.34. The second-order valence-electron chi connectivity index (χ2n) is 11.8. The van der Waals surface area contributed by atoms with Gasteiger partial charge in [0.15, 0.2) is 0 Å². The molecular weight excluding hydrogens is 536 g/mol. The summed E-state index contributed by atoms with van der Waals surface area (Å²) in [7, 11) is 0. The van der Waals surface area contributed by atoms with Crippen molar-refractivity contribution in [2.24, 2.45) is 0 Å². The zero-order valence-electron chi connectivity index (χ0n) is 25.3. The van der Waals surface area contributed by atoms with Gasteiger partial charge in [0.2, 0.25) is 11.8 Å². The minimum atomic E-state index is -0.743. The van der Waals surface area contributed by atoms with Gasteiger partial charge >= 0.3 is 0 Å². The SMILES string of the molecule is CCCN1C(=O)[C@H](CCCCNC(=O)c2ccccc2-c2ccccc2)NC(=O)C12CCN(CCc1ccccc1)CC2. The van der Waals surface area contributed by atoms with E-state index in [1.807, 2.05) is 65.6 Å². The number of nitrogens with one attached hydrogen (secondary N) is 2. The molecule has 226 valence electrons. The van der Waals surface area contributed by atoms with Crippen molar-refractivity contribution in [1.29, 1.82) is 0 Å². The Kier molecular flexibility index (Phi) is 10.3. The van der Waals surface area contributed by atoms with Crippen LogP contribution in [0.5, 0.6) is 0 Å². The molecule has 1 atom stereocenters. The fraction of sp³-hybridized carbons (Fsp3) is 0.417. The van der Waals surface area contributed by atoms with Crippen LogP contribution in [-0.4, -0.2) is 71.8 Å². The quantitative estimate of drug-likeness (QED) is 0.293. The van der Waals surface area contributed by atoms with Gasteiger partial charge in [-0.2, -0.15) is 0 Å². The van der Waals surface area contributed by atoms with Crippen molar-refractivity contribution >= 4 is 17.7 Å². The molecule has 5 rings (SSSR count). The molecule has 7 heteroatoms. The van der Waals surface area contributed by atoms with Gasteiger partial charge in [0, 0.05) is 38.3 Å². The van der Waals surface area contributed by atoms with Crippen LogP contribution in [0.4, 0.5) is 0 Å². The molecule has 3 aromatic rings.